The minimum Gasteiger partial charge on any atom is -0.489 e. The van der Waals surface area contributed by atoms with Crippen molar-refractivity contribution < 1.29 is 14.3 Å². The second-order valence-electron chi connectivity index (χ2n) is 8.84. The van der Waals surface area contributed by atoms with Gasteiger partial charge in [-0.3, -0.25) is 0 Å². The maximum absolute atomic E-state index is 12.3. The van der Waals surface area contributed by atoms with Gasteiger partial charge in [-0.05, 0) is 57.1 Å². The molecular weight excluding hydrogens is 394 g/mol. The van der Waals surface area contributed by atoms with E-state index in [0.717, 1.165) is 36.6 Å². The highest BCUT2D eigenvalue weighted by atomic mass is 16.6. The van der Waals surface area contributed by atoms with Gasteiger partial charge >= 0.3 is 6.09 Å². The van der Waals surface area contributed by atoms with Crippen molar-refractivity contribution in [2.75, 3.05) is 27.2 Å². The van der Waals surface area contributed by atoms with E-state index in [2.05, 4.69) is 4.98 Å². The van der Waals surface area contributed by atoms with Gasteiger partial charge in [0.1, 0.15) is 12.4 Å². The molecule has 31 heavy (non-hydrogen) atoms. The molecule has 0 atom stereocenters. The quantitative estimate of drug-likeness (QED) is 0.456. The highest BCUT2D eigenvalue weighted by Crippen LogP contribution is 2.32. The molecule has 0 spiro atoms. The molecule has 2 aliphatic carbocycles. The van der Waals surface area contributed by atoms with Crippen LogP contribution in [0.4, 0.5) is 4.79 Å². The van der Waals surface area contributed by atoms with Crippen molar-refractivity contribution in [1.82, 2.24) is 14.9 Å². The Bertz CT molecular complexity index is 785. The first-order valence-electron chi connectivity index (χ1n) is 11.3. The summed E-state index contributed by atoms with van der Waals surface area (Å²) in [5.41, 5.74) is 8.60. The molecule has 1 amide bonds. The molecule has 1 heterocycles. The van der Waals surface area contributed by atoms with Gasteiger partial charge in [-0.1, -0.05) is 19.3 Å². The van der Waals surface area contributed by atoms with E-state index in [-0.39, 0.29) is 18.8 Å². The van der Waals surface area contributed by atoms with Crippen LogP contribution >= 0.6 is 0 Å². The molecule has 0 aromatic carbocycles. The van der Waals surface area contributed by atoms with Crippen LogP contribution in [0.5, 0.6) is 5.75 Å². The number of nitrogens with zero attached hydrogens (tertiary/aromatic N) is 3. The molecule has 0 radical (unpaired) electrons. The van der Waals surface area contributed by atoms with Crippen molar-refractivity contribution in [1.29, 1.82) is 0 Å². The maximum atomic E-state index is 12.3. The van der Waals surface area contributed by atoms with E-state index in [0.29, 0.717) is 23.6 Å². The largest absolute Gasteiger partial charge is 0.489 e. The van der Waals surface area contributed by atoms with Crippen LogP contribution < -0.4 is 16.3 Å². The highest BCUT2D eigenvalue weighted by Gasteiger charge is 2.23. The molecule has 2 fully saturated rings. The van der Waals surface area contributed by atoms with Gasteiger partial charge in [0.15, 0.2) is 0 Å². The van der Waals surface area contributed by atoms with Gasteiger partial charge in [0.2, 0.25) is 0 Å². The predicted molar refractivity (Wildman–Crippen MR) is 121 cm³/mol. The van der Waals surface area contributed by atoms with Crippen LogP contribution in [0.3, 0.4) is 0 Å². The van der Waals surface area contributed by atoms with E-state index >= 15 is 0 Å². The molecule has 8 nitrogen and oxygen atoms in total. The molecule has 0 aliphatic heterocycles. The minimum absolute atomic E-state index is 0.0213. The summed E-state index contributed by atoms with van der Waals surface area (Å²) < 4.78 is 11.6. The first kappa shape index (κ1) is 23.2. The van der Waals surface area contributed by atoms with Crippen molar-refractivity contribution in [2.24, 2.45) is 17.5 Å². The summed E-state index contributed by atoms with van der Waals surface area (Å²) in [6.45, 7) is 2.59. The van der Waals surface area contributed by atoms with Crippen LogP contribution in [-0.2, 0) is 4.74 Å². The number of amides is 1. The van der Waals surface area contributed by atoms with Gasteiger partial charge in [-0.15, -0.1) is 0 Å². The Balaban J connectivity index is 1.63. The Morgan fingerprint density at radius 2 is 1.87 bits per heavy atom. The Labute approximate surface area is 185 Å². The fraction of sp³-hybridized carbons (Fsp3) is 0.652. The lowest BCUT2D eigenvalue weighted by Crippen LogP contribution is -2.34. The van der Waals surface area contributed by atoms with Crippen molar-refractivity contribution >= 4 is 11.8 Å². The van der Waals surface area contributed by atoms with E-state index in [1.54, 1.807) is 19.0 Å². The molecule has 0 unspecified atom stereocenters. The van der Waals surface area contributed by atoms with Crippen LogP contribution in [0.2, 0.25) is 0 Å². The molecule has 1 aromatic heterocycles. The molecule has 4 N–H and O–H groups in total. The Hall–Kier alpha value is -2.48. The number of likely N-dealkylation sites (N-methyl/N-ethyl adjacent to an activating group) is 1. The summed E-state index contributed by atoms with van der Waals surface area (Å²) in [5, 5.41) is 1.37. The van der Waals surface area contributed by atoms with Gasteiger partial charge < -0.3 is 25.1 Å². The van der Waals surface area contributed by atoms with Crippen LogP contribution in [0.1, 0.15) is 62.8 Å². The number of ether oxygens (including phenoxy) is 2. The molecule has 3 rings (SSSR count). The number of nitrogens with two attached hydrogens (primary N) is 2. The number of carbonyl (C=O) groups is 1. The first-order chi connectivity index (χ1) is 14.8. The van der Waals surface area contributed by atoms with Crippen molar-refractivity contribution in [3.05, 3.63) is 29.2 Å². The molecular formula is C23H37N5O3. The Kier molecular flexibility index (Phi) is 8.01. The summed E-state index contributed by atoms with van der Waals surface area (Å²) in [6.07, 6.45) is 9.32. The predicted octanol–water partition coefficient (Wildman–Crippen LogP) is 3.40. The summed E-state index contributed by atoms with van der Waals surface area (Å²) >= 11 is 0. The second kappa shape index (κ2) is 10.7. The average molecular weight is 432 g/mol. The van der Waals surface area contributed by atoms with E-state index in [9.17, 15) is 4.79 Å². The minimum atomic E-state index is -0.381. The lowest BCUT2D eigenvalue weighted by atomic mass is 9.98. The number of pyridine rings is 1. The average Bonchev–Trinajstić information content (AvgIpc) is 3.58. The normalized spacial score (nSPS) is 17.7. The van der Waals surface area contributed by atoms with Crippen LogP contribution in [0, 0.1) is 12.8 Å². The Morgan fingerprint density at radius 1 is 1.16 bits per heavy atom. The molecule has 172 valence electrons. The standard InChI is InChI=1S/C23H37N5O3/c1-16-21(31-18-7-5-4-6-8-18)12-11-19(26-16)22(24)20(28(3)25)15-30-23(29)27(2)14-13-17-9-10-17/h11-12,17-18H,4-10,13-15,24-25H2,1-3H3/b22-20-. The molecule has 0 saturated heterocycles. The number of aromatic nitrogens is 1. The second-order valence-corrected chi connectivity index (χ2v) is 8.84. The van der Waals surface area contributed by atoms with E-state index in [1.165, 1.54) is 37.1 Å². The number of hydrogen-bond donors (Lipinski definition) is 2. The lowest BCUT2D eigenvalue weighted by molar-refractivity contribution is 0.112. The summed E-state index contributed by atoms with van der Waals surface area (Å²) in [6, 6.07) is 3.73. The van der Waals surface area contributed by atoms with Gasteiger partial charge in [-0.25, -0.2) is 15.6 Å². The fourth-order valence-electron chi connectivity index (χ4n) is 3.82. The molecule has 2 aliphatic rings. The van der Waals surface area contributed by atoms with E-state index in [1.807, 2.05) is 19.1 Å². The fourth-order valence-corrected chi connectivity index (χ4v) is 3.82. The van der Waals surface area contributed by atoms with Gasteiger partial charge in [0, 0.05) is 20.6 Å². The molecule has 0 bridgehead atoms. The first-order valence-corrected chi connectivity index (χ1v) is 11.3. The third-order valence-corrected chi connectivity index (χ3v) is 6.11. The van der Waals surface area contributed by atoms with Gasteiger partial charge in [0.05, 0.1) is 28.9 Å². The SMILES string of the molecule is Cc1nc(/C(N)=C(\COC(=O)N(C)CCC2CC2)N(C)N)ccc1OC1CCCCC1. The van der Waals surface area contributed by atoms with Crippen LogP contribution in [0.15, 0.2) is 17.8 Å². The van der Waals surface area contributed by atoms with E-state index < -0.39 is 0 Å². The summed E-state index contributed by atoms with van der Waals surface area (Å²) in [7, 11) is 3.42. The third kappa shape index (κ3) is 6.75. The monoisotopic (exact) mass is 431 g/mol. The zero-order valence-corrected chi connectivity index (χ0v) is 19.1. The van der Waals surface area contributed by atoms with Crippen LogP contribution in [-0.4, -0.2) is 54.3 Å². The Morgan fingerprint density at radius 3 is 2.48 bits per heavy atom. The van der Waals surface area contributed by atoms with Crippen molar-refractivity contribution in [2.45, 2.75) is 64.4 Å². The highest BCUT2D eigenvalue weighted by molar-refractivity contribution is 5.68. The number of hydrazine groups is 1. The lowest BCUT2D eigenvalue weighted by Gasteiger charge is -2.24. The zero-order chi connectivity index (χ0) is 22.4. The number of rotatable bonds is 9. The topological polar surface area (TPSA) is 107 Å². The summed E-state index contributed by atoms with van der Waals surface area (Å²) in [5.74, 6) is 7.52. The smallest absolute Gasteiger partial charge is 0.409 e. The van der Waals surface area contributed by atoms with E-state index in [4.69, 9.17) is 21.1 Å². The van der Waals surface area contributed by atoms with Gasteiger partial charge in [-0.2, -0.15) is 0 Å². The van der Waals surface area contributed by atoms with Crippen LogP contribution in [0.25, 0.3) is 5.70 Å². The number of aryl methyl sites for hydroxylation is 1. The van der Waals surface area contributed by atoms with Crippen molar-refractivity contribution in [3.63, 3.8) is 0 Å². The van der Waals surface area contributed by atoms with Crippen molar-refractivity contribution in [3.8, 4) is 5.75 Å². The third-order valence-electron chi connectivity index (χ3n) is 6.11. The summed E-state index contributed by atoms with van der Waals surface area (Å²) in [4.78, 5) is 18.5. The number of carbonyl (C=O) groups excluding carboxylic acids is 1. The molecule has 8 heteroatoms. The molecule has 2 saturated carbocycles. The number of hydrogen-bond acceptors (Lipinski definition) is 7. The zero-order valence-electron chi connectivity index (χ0n) is 19.1. The van der Waals surface area contributed by atoms with Gasteiger partial charge in [0.25, 0.3) is 0 Å². The molecule has 1 aromatic rings. The maximum Gasteiger partial charge on any atom is 0.409 e.